The molecule has 3 aromatic rings. The van der Waals surface area contributed by atoms with Gasteiger partial charge < -0.3 is 4.74 Å². The molecule has 0 aliphatic carbocycles. The Labute approximate surface area is 138 Å². The molecule has 3 rings (SSSR count). The highest BCUT2D eigenvalue weighted by Gasteiger charge is 2.16. The van der Waals surface area contributed by atoms with Gasteiger partial charge in [0.15, 0.2) is 0 Å². The van der Waals surface area contributed by atoms with Gasteiger partial charge in [0.25, 0.3) is 0 Å². The number of thiazole rings is 1. The third-order valence-corrected chi connectivity index (χ3v) is 4.13. The van der Waals surface area contributed by atoms with Gasteiger partial charge in [-0.2, -0.15) is 4.98 Å². The number of para-hydroxylation sites is 1. The summed E-state index contributed by atoms with van der Waals surface area (Å²) in [4.78, 5) is 16.9. The van der Waals surface area contributed by atoms with Crippen molar-refractivity contribution in [2.75, 3.05) is 12.4 Å². The Morgan fingerprint density at radius 2 is 2.17 bits per heavy atom. The number of amides is 1. The molecule has 0 saturated heterocycles. The van der Waals surface area contributed by atoms with Gasteiger partial charge in [-0.25, -0.2) is 4.52 Å². The number of carbonyl (C=O) groups excluding carboxylic acids is 1. The summed E-state index contributed by atoms with van der Waals surface area (Å²) in [6, 6.07) is 7.74. The van der Waals surface area contributed by atoms with Crippen molar-refractivity contribution in [2.24, 2.45) is 5.92 Å². The first-order valence-corrected chi connectivity index (χ1v) is 8.24. The van der Waals surface area contributed by atoms with E-state index in [1.54, 1.807) is 11.6 Å². The van der Waals surface area contributed by atoms with Crippen LogP contribution in [0.3, 0.4) is 0 Å². The molecule has 0 aliphatic heterocycles. The number of anilines is 1. The van der Waals surface area contributed by atoms with E-state index < -0.39 is 0 Å². The summed E-state index contributed by atoms with van der Waals surface area (Å²) in [6.07, 6.45) is 0.451. The zero-order valence-electron chi connectivity index (χ0n) is 13.2. The molecule has 0 bridgehead atoms. The summed E-state index contributed by atoms with van der Waals surface area (Å²) in [6.45, 7) is 4.00. The second kappa shape index (κ2) is 6.37. The third kappa shape index (κ3) is 3.19. The van der Waals surface area contributed by atoms with Crippen molar-refractivity contribution >= 4 is 28.2 Å². The predicted octanol–water partition coefficient (Wildman–Crippen LogP) is 3.45. The number of hydrogen-bond donors (Lipinski definition) is 1. The Hall–Kier alpha value is -2.41. The largest absolute Gasteiger partial charge is 0.496 e. The molecule has 0 saturated carbocycles. The Morgan fingerprint density at radius 3 is 2.91 bits per heavy atom. The molecular formula is C16H18N4O2S. The van der Waals surface area contributed by atoms with Crippen LogP contribution in [0.1, 0.15) is 20.3 Å². The minimum Gasteiger partial charge on any atom is -0.496 e. The summed E-state index contributed by atoms with van der Waals surface area (Å²) in [5, 5.41) is 9.13. The van der Waals surface area contributed by atoms with E-state index in [4.69, 9.17) is 4.74 Å². The van der Waals surface area contributed by atoms with Crippen LogP contribution in [0.5, 0.6) is 5.75 Å². The fourth-order valence-electron chi connectivity index (χ4n) is 2.32. The quantitative estimate of drug-likeness (QED) is 0.778. The van der Waals surface area contributed by atoms with Gasteiger partial charge in [0.1, 0.15) is 5.75 Å². The first-order chi connectivity index (χ1) is 11.1. The van der Waals surface area contributed by atoms with Gasteiger partial charge in [0.05, 0.1) is 12.8 Å². The molecule has 0 spiro atoms. The number of ether oxygens (including phenoxy) is 1. The van der Waals surface area contributed by atoms with Crippen LogP contribution in [-0.2, 0) is 4.79 Å². The highest BCUT2D eigenvalue weighted by atomic mass is 32.1. The average molecular weight is 330 g/mol. The van der Waals surface area contributed by atoms with E-state index in [-0.39, 0.29) is 5.91 Å². The maximum Gasteiger partial charge on any atom is 0.250 e. The molecule has 1 aromatic carbocycles. The summed E-state index contributed by atoms with van der Waals surface area (Å²) < 4.78 is 7.14. The first-order valence-electron chi connectivity index (χ1n) is 7.36. The molecule has 0 unspecified atom stereocenters. The fourth-order valence-corrected chi connectivity index (χ4v) is 3.14. The van der Waals surface area contributed by atoms with Crippen molar-refractivity contribution in [3.05, 3.63) is 29.6 Å². The van der Waals surface area contributed by atoms with Gasteiger partial charge in [-0.1, -0.05) is 26.0 Å². The molecule has 0 aliphatic rings. The maximum absolute atomic E-state index is 11.9. The van der Waals surface area contributed by atoms with Crippen LogP contribution in [0, 0.1) is 5.92 Å². The number of aromatic nitrogens is 3. The minimum absolute atomic E-state index is 0.0721. The van der Waals surface area contributed by atoms with Crippen molar-refractivity contribution in [1.82, 2.24) is 14.6 Å². The van der Waals surface area contributed by atoms with E-state index in [2.05, 4.69) is 15.4 Å². The number of benzene rings is 1. The number of fused-ring (bicyclic) bond motifs is 1. The number of nitrogens with zero attached hydrogens (tertiary/aromatic N) is 3. The molecule has 0 atom stereocenters. The van der Waals surface area contributed by atoms with Crippen molar-refractivity contribution in [3.8, 4) is 17.0 Å². The molecule has 23 heavy (non-hydrogen) atoms. The van der Waals surface area contributed by atoms with Crippen molar-refractivity contribution < 1.29 is 9.53 Å². The summed E-state index contributed by atoms with van der Waals surface area (Å²) >= 11 is 1.47. The van der Waals surface area contributed by atoms with Crippen LogP contribution in [0.2, 0.25) is 0 Å². The van der Waals surface area contributed by atoms with Gasteiger partial charge >= 0.3 is 0 Å². The Morgan fingerprint density at radius 1 is 1.39 bits per heavy atom. The average Bonchev–Trinajstić information content (AvgIpc) is 3.06. The number of hydrogen-bond acceptors (Lipinski definition) is 5. The van der Waals surface area contributed by atoms with Gasteiger partial charge in [0.2, 0.25) is 16.8 Å². The first kappa shape index (κ1) is 15.5. The van der Waals surface area contributed by atoms with E-state index in [0.717, 1.165) is 22.0 Å². The Balaban J connectivity index is 1.93. The monoisotopic (exact) mass is 330 g/mol. The van der Waals surface area contributed by atoms with Crippen LogP contribution in [0.25, 0.3) is 16.2 Å². The van der Waals surface area contributed by atoms with Crippen LogP contribution in [-0.4, -0.2) is 27.6 Å². The van der Waals surface area contributed by atoms with E-state index in [0.29, 0.717) is 18.3 Å². The van der Waals surface area contributed by atoms with Crippen molar-refractivity contribution in [2.45, 2.75) is 20.3 Å². The molecule has 0 fully saturated rings. The lowest BCUT2D eigenvalue weighted by atomic mass is 10.1. The smallest absolute Gasteiger partial charge is 0.250 e. The van der Waals surface area contributed by atoms with Crippen LogP contribution in [0.4, 0.5) is 5.95 Å². The lowest BCUT2D eigenvalue weighted by Gasteiger charge is -2.06. The molecule has 1 N–H and O–H groups in total. The fraction of sp³-hybridized carbons (Fsp3) is 0.312. The molecular weight excluding hydrogens is 312 g/mol. The van der Waals surface area contributed by atoms with Crippen LogP contribution < -0.4 is 10.1 Å². The second-order valence-corrected chi connectivity index (χ2v) is 6.43. The molecule has 0 radical (unpaired) electrons. The standard InChI is InChI=1S/C16H18N4O2S/c1-10(2)8-14(21)17-15-18-16-20(19-15)12(9-23-16)11-6-4-5-7-13(11)22-3/h4-7,9-10H,8H2,1-3H3,(H,17,19,21). The number of nitrogens with one attached hydrogen (secondary N) is 1. The van der Waals surface area contributed by atoms with E-state index in [1.165, 1.54) is 11.3 Å². The molecule has 7 heteroatoms. The normalized spacial score (nSPS) is 11.1. The van der Waals surface area contributed by atoms with Gasteiger partial charge in [0, 0.05) is 17.4 Å². The Bertz CT molecular complexity index is 838. The zero-order chi connectivity index (χ0) is 16.4. The summed E-state index contributed by atoms with van der Waals surface area (Å²) in [5.41, 5.74) is 1.82. The predicted molar refractivity (Wildman–Crippen MR) is 90.9 cm³/mol. The van der Waals surface area contributed by atoms with E-state index in [1.807, 2.05) is 43.5 Å². The zero-order valence-corrected chi connectivity index (χ0v) is 14.1. The maximum atomic E-state index is 11.9. The minimum atomic E-state index is -0.0721. The molecule has 1 amide bonds. The van der Waals surface area contributed by atoms with Crippen molar-refractivity contribution in [1.29, 1.82) is 0 Å². The Kier molecular flexibility index (Phi) is 4.29. The van der Waals surface area contributed by atoms with Gasteiger partial charge in [-0.3, -0.25) is 10.1 Å². The van der Waals surface area contributed by atoms with Crippen LogP contribution in [0.15, 0.2) is 29.6 Å². The molecule has 120 valence electrons. The van der Waals surface area contributed by atoms with E-state index in [9.17, 15) is 4.79 Å². The third-order valence-electron chi connectivity index (χ3n) is 3.31. The summed E-state index contributed by atoms with van der Waals surface area (Å²) in [7, 11) is 1.64. The summed E-state index contributed by atoms with van der Waals surface area (Å²) in [5.74, 6) is 1.33. The molecule has 6 nitrogen and oxygen atoms in total. The highest BCUT2D eigenvalue weighted by molar-refractivity contribution is 7.15. The number of rotatable bonds is 5. The molecule has 2 aromatic heterocycles. The van der Waals surface area contributed by atoms with Crippen molar-refractivity contribution in [3.63, 3.8) is 0 Å². The topological polar surface area (TPSA) is 68.5 Å². The van der Waals surface area contributed by atoms with Crippen LogP contribution >= 0.6 is 11.3 Å². The number of carbonyl (C=O) groups is 1. The SMILES string of the molecule is COc1ccccc1-c1csc2nc(NC(=O)CC(C)C)nn12. The van der Waals surface area contributed by atoms with Gasteiger partial charge in [-0.05, 0) is 18.1 Å². The number of methoxy groups -OCH3 is 1. The lowest BCUT2D eigenvalue weighted by molar-refractivity contribution is -0.116. The highest BCUT2D eigenvalue weighted by Crippen LogP contribution is 2.32. The van der Waals surface area contributed by atoms with E-state index >= 15 is 0 Å². The second-order valence-electron chi connectivity index (χ2n) is 5.60. The van der Waals surface area contributed by atoms with Gasteiger partial charge in [-0.15, -0.1) is 16.4 Å². The molecule has 2 heterocycles. The lowest BCUT2D eigenvalue weighted by Crippen LogP contribution is -2.14.